The van der Waals surface area contributed by atoms with Crippen LogP contribution in [0.4, 0.5) is 26.7 Å². The smallest absolute Gasteiger partial charge is 0.385 e. The molecule has 7 nitrogen and oxygen atoms in total. The number of hydrogen-bond acceptors (Lipinski definition) is 5. The molecule has 1 heterocycles. The number of aliphatic hydroxyl groups is 2. The molecule has 1 aliphatic heterocycles. The molecule has 4 fully saturated rings. The largest absolute Gasteiger partial charge is 0.456 e. The van der Waals surface area contributed by atoms with E-state index in [-0.39, 0.29) is 49.2 Å². The van der Waals surface area contributed by atoms with Crippen LogP contribution in [-0.2, 0) is 16.0 Å². The zero-order valence-electron chi connectivity index (χ0n) is 28.4. The molecule has 5 aliphatic rings. The predicted molar refractivity (Wildman–Crippen MR) is 168 cm³/mol. The summed E-state index contributed by atoms with van der Waals surface area (Å²) in [6, 6.07) is 6.88. The molecule has 0 bridgehead atoms. The number of amides is 2. The van der Waals surface area contributed by atoms with E-state index in [4.69, 9.17) is 9.47 Å². The molecule has 1 aromatic carbocycles. The Kier molecular flexibility index (Phi) is 8.61. The maximum absolute atomic E-state index is 15.4. The highest BCUT2D eigenvalue weighted by Gasteiger charge is 2.79. The zero-order chi connectivity index (χ0) is 35.1. The lowest BCUT2D eigenvalue weighted by Gasteiger charge is -2.59. The third-order valence-electron chi connectivity index (χ3n) is 12.1. The van der Waals surface area contributed by atoms with E-state index < -0.39 is 52.8 Å². The maximum Gasteiger partial charge on any atom is 0.456 e. The summed E-state index contributed by atoms with van der Waals surface area (Å²) in [5.74, 6) is -7.87. The zero-order valence-corrected chi connectivity index (χ0v) is 28.4. The van der Waals surface area contributed by atoms with Crippen LogP contribution in [0, 0.1) is 22.7 Å². The Labute approximate surface area is 279 Å². The van der Waals surface area contributed by atoms with Crippen LogP contribution in [0.25, 0.3) is 0 Å². The molecule has 6 atom stereocenters. The summed E-state index contributed by atoms with van der Waals surface area (Å²) in [5.41, 5.74) is -3.29. The van der Waals surface area contributed by atoms with Gasteiger partial charge >= 0.3 is 18.1 Å². The minimum absolute atomic E-state index is 0.0273. The van der Waals surface area contributed by atoms with Crippen LogP contribution in [-0.4, -0.2) is 64.6 Å². The van der Waals surface area contributed by atoms with Gasteiger partial charge in [-0.2, -0.15) is 22.0 Å². The number of carbonyl (C=O) groups excluding carboxylic acids is 1. The Morgan fingerprint density at radius 2 is 1.62 bits per heavy atom. The Hall–Kier alpha value is -2.28. The van der Waals surface area contributed by atoms with Crippen molar-refractivity contribution in [3.63, 3.8) is 0 Å². The molecule has 0 aromatic heterocycles. The van der Waals surface area contributed by atoms with Gasteiger partial charge in [-0.25, -0.2) is 4.79 Å². The number of nitrogens with one attached hydrogen (secondary N) is 2. The molecule has 4 aliphatic carbocycles. The molecule has 1 aromatic rings. The standard InChI is InChI=1S/C36H49F5N2O5/c1-21(2)43-29(44)42-17-22-6-8-23(9-7-22)25-16-31(5)26(12-15-34(31,46)35(37,38)36(39,40)41)24-10-13-32(45)18-33(14-11-27(32)28(24)25)47-19-30(3,4)20-48-33/h6-9,21,24-26,45-46H,10-20H2,1-5H3,(H2,42,43,44)/t24-,25+,26-,31-,32+,34-/m0/s1. The molecule has 12 heteroatoms. The second-order valence-electron chi connectivity index (χ2n) is 16.4. The molecule has 4 N–H and O–H groups in total. The number of benzene rings is 1. The SMILES string of the molecule is CC(C)NC(=O)NCc1ccc([C@H]2C[C@@]3(C)[C@@H](CC[C@@]3(O)C(F)(F)C(F)(F)F)[C@@H]3CC[C@@]4(O)CC5(CCC4=C32)OCC(C)(C)CO5)cc1. The highest BCUT2D eigenvalue weighted by atomic mass is 19.4. The van der Waals surface area contributed by atoms with E-state index in [0.717, 1.165) is 16.7 Å². The quantitative estimate of drug-likeness (QED) is 0.196. The first-order chi connectivity index (χ1) is 22.2. The first-order valence-electron chi connectivity index (χ1n) is 17.2. The highest BCUT2D eigenvalue weighted by molar-refractivity contribution is 5.74. The summed E-state index contributed by atoms with van der Waals surface area (Å²) in [6.45, 7) is 10.4. The van der Waals surface area contributed by atoms with Crippen LogP contribution in [0.3, 0.4) is 0 Å². The second-order valence-corrected chi connectivity index (χ2v) is 16.4. The van der Waals surface area contributed by atoms with Crippen molar-refractivity contribution in [2.45, 2.75) is 134 Å². The molecule has 1 saturated heterocycles. The van der Waals surface area contributed by atoms with Crippen molar-refractivity contribution in [1.29, 1.82) is 0 Å². The summed E-state index contributed by atoms with van der Waals surface area (Å²) in [7, 11) is 0. The number of urea groups is 1. The van der Waals surface area contributed by atoms with Gasteiger partial charge in [-0.1, -0.05) is 50.6 Å². The molecule has 268 valence electrons. The first-order valence-corrected chi connectivity index (χ1v) is 17.2. The number of halogens is 5. The van der Waals surface area contributed by atoms with Gasteiger partial charge in [0.2, 0.25) is 0 Å². The molecule has 3 saturated carbocycles. The fourth-order valence-corrected chi connectivity index (χ4v) is 9.67. The molecule has 48 heavy (non-hydrogen) atoms. The van der Waals surface area contributed by atoms with Gasteiger partial charge in [0.05, 0.1) is 18.8 Å². The monoisotopic (exact) mass is 684 g/mol. The van der Waals surface area contributed by atoms with Crippen LogP contribution < -0.4 is 10.6 Å². The van der Waals surface area contributed by atoms with Crippen LogP contribution >= 0.6 is 0 Å². The number of rotatable bonds is 5. The second kappa shape index (κ2) is 11.6. The summed E-state index contributed by atoms with van der Waals surface area (Å²) in [5, 5.41) is 29.4. The van der Waals surface area contributed by atoms with Crippen molar-refractivity contribution >= 4 is 6.03 Å². The Balaban J connectivity index is 1.39. The van der Waals surface area contributed by atoms with Crippen molar-refractivity contribution in [2.75, 3.05) is 13.2 Å². The van der Waals surface area contributed by atoms with E-state index >= 15 is 8.78 Å². The number of ether oxygens (including phenoxy) is 2. The average molecular weight is 685 g/mol. The van der Waals surface area contributed by atoms with E-state index in [1.165, 1.54) is 6.92 Å². The number of fused-ring (bicyclic) bond motifs is 4. The minimum Gasteiger partial charge on any atom is -0.385 e. The van der Waals surface area contributed by atoms with Crippen molar-refractivity contribution in [1.82, 2.24) is 10.6 Å². The Bertz CT molecular complexity index is 1430. The minimum atomic E-state index is -5.91. The Morgan fingerprint density at radius 1 is 0.979 bits per heavy atom. The lowest BCUT2D eigenvalue weighted by molar-refractivity contribution is -0.362. The van der Waals surface area contributed by atoms with Crippen LogP contribution in [0.1, 0.15) is 103 Å². The van der Waals surface area contributed by atoms with E-state index in [0.29, 0.717) is 44.5 Å². The van der Waals surface area contributed by atoms with Gasteiger partial charge in [0.25, 0.3) is 0 Å². The maximum atomic E-state index is 15.4. The van der Waals surface area contributed by atoms with Gasteiger partial charge in [0.15, 0.2) is 5.79 Å². The van der Waals surface area contributed by atoms with Crippen LogP contribution in [0.5, 0.6) is 0 Å². The fourth-order valence-electron chi connectivity index (χ4n) is 9.67. The summed E-state index contributed by atoms with van der Waals surface area (Å²) >= 11 is 0. The van der Waals surface area contributed by atoms with Crippen molar-refractivity contribution < 1.29 is 46.4 Å². The van der Waals surface area contributed by atoms with Crippen LogP contribution in [0.15, 0.2) is 35.4 Å². The van der Waals surface area contributed by atoms with Gasteiger partial charge in [-0.15, -0.1) is 0 Å². The lowest BCUT2D eigenvalue weighted by Crippen LogP contribution is -2.65. The summed E-state index contributed by atoms with van der Waals surface area (Å²) < 4.78 is 85.1. The molecular formula is C36H49F5N2O5. The first kappa shape index (κ1) is 35.5. The van der Waals surface area contributed by atoms with E-state index in [2.05, 4.69) is 10.6 Å². The normalized spacial score (nSPS) is 36.0. The average Bonchev–Trinajstić information content (AvgIpc) is 3.27. The van der Waals surface area contributed by atoms with Gasteiger partial charge in [0, 0.05) is 42.2 Å². The van der Waals surface area contributed by atoms with E-state index in [1.54, 1.807) is 12.1 Å². The number of hydrogen-bond donors (Lipinski definition) is 4. The third kappa shape index (κ3) is 5.66. The van der Waals surface area contributed by atoms with Crippen LogP contribution in [0.2, 0.25) is 0 Å². The summed E-state index contributed by atoms with van der Waals surface area (Å²) in [4.78, 5) is 12.1. The lowest BCUT2D eigenvalue weighted by atomic mass is 9.49. The number of carbonyl (C=O) groups is 1. The van der Waals surface area contributed by atoms with E-state index in [1.807, 2.05) is 39.8 Å². The molecule has 1 spiro atoms. The Morgan fingerprint density at radius 3 is 2.23 bits per heavy atom. The molecule has 6 rings (SSSR count). The van der Waals surface area contributed by atoms with Gasteiger partial charge in [0.1, 0.15) is 5.60 Å². The van der Waals surface area contributed by atoms with Gasteiger partial charge < -0.3 is 30.3 Å². The number of alkyl halides is 5. The van der Waals surface area contributed by atoms with Gasteiger partial charge in [-0.3, -0.25) is 0 Å². The van der Waals surface area contributed by atoms with Crippen molar-refractivity contribution in [3.8, 4) is 0 Å². The number of allylic oxidation sites excluding steroid dienone is 1. The van der Waals surface area contributed by atoms with Crippen molar-refractivity contribution in [3.05, 3.63) is 46.5 Å². The molecule has 0 radical (unpaired) electrons. The predicted octanol–water partition coefficient (Wildman–Crippen LogP) is 7.12. The molecule has 0 unspecified atom stereocenters. The topological polar surface area (TPSA) is 100 Å². The molecular weight excluding hydrogens is 635 g/mol. The molecule has 2 amide bonds. The highest BCUT2D eigenvalue weighted by Crippen LogP contribution is 2.71. The van der Waals surface area contributed by atoms with Gasteiger partial charge in [-0.05, 0) is 80.9 Å². The van der Waals surface area contributed by atoms with E-state index in [9.17, 15) is 28.2 Å². The third-order valence-corrected chi connectivity index (χ3v) is 12.1. The summed E-state index contributed by atoms with van der Waals surface area (Å²) in [6.07, 6.45) is -4.85. The van der Waals surface area contributed by atoms with Crippen molar-refractivity contribution in [2.24, 2.45) is 22.7 Å². The fraction of sp³-hybridized carbons (Fsp3) is 0.750.